The molecule has 3 heterocycles. The van der Waals surface area contributed by atoms with Crippen molar-refractivity contribution in [2.24, 2.45) is 5.92 Å². The monoisotopic (exact) mass is 414 g/mol. The van der Waals surface area contributed by atoms with Gasteiger partial charge in [-0.2, -0.15) is 0 Å². The Morgan fingerprint density at radius 1 is 0.903 bits per heavy atom. The normalized spacial score (nSPS) is 22.6. The van der Waals surface area contributed by atoms with Gasteiger partial charge in [0.05, 0.1) is 5.56 Å². The van der Waals surface area contributed by atoms with Crippen molar-refractivity contribution >= 4 is 5.97 Å². The van der Waals surface area contributed by atoms with Gasteiger partial charge in [0.15, 0.2) is 0 Å². The Morgan fingerprint density at radius 2 is 1.68 bits per heavy atom. The second-order valence-corrected chi connectivity index (χ2v) is 8.80. The van der Waals surface area contributed by atoms with E-state index in [9.17, 15) is 9.59 Å². The van der Waals surface area contributed by atoms with E-state index in [2.05, 4.69) is 39.8 Å². The van der Waals surface area contributed by atoms with Crippen molar-refractivity contribution in [3.05, 3.63) is 106 Å². The molecule has 2 bridgehead atoms. The van der Waals surface area contributed by atoms with E-state index < -0.39 is 5.97 Å². The molecule has 1 N–H and O–H groups in total. The minimum atomic E-state index is -0.898. The Kier molecular flexibility index (Phi) is 5.20. The van der Waals surface area contributed by atoms with Crippen molar-refractivity contribution < 1.29 is 9.90 Å². The first-order valence-electron chi connectivity index (χ1n) is 10.9. The molecule has 1 saturated heterocycles. The van der Waals surface area contributed by atoms with Crippen LogP contribution in [0.4, 0.5) is 0 Å². The number of carboxylic acids is 1. The molecule has 2 aromatic carbocycles. The summed E-state index contributed by atoms with van der Waals surface area (Å²) in [5.74, 6) is -0.146. The van der Waals surface area contributed by atoms with E-state index in [0.29, 0.717) is 17.4 Å². The van der Waals surface area contributed by atoms with Crippen LogP contribution >= 0.6 is 0 Å². The standard InChI is InChI=1S/C26H26N2O3/c29-25-8-4-7-23-21-14-22(24(28(23)25)13-18-5-2-1-3-6-18)17-27(16-21)15-19-9-11-20(12-10-19)26(30)31/h1-12,21-22,24H,13-17H2,(H,30,31)/t21-,22+,24+/m1/s1. The zero-order valence-corrected chi connectivity index (χ0v) is 17.4. The van der Waals surface area contributed by atoms with E-state index in [-0.39, 0.29) is 11.6 Å². The van der Waals surface area contributed by atoms with Gasteiger partial charge in [0.2, 0.25) is 0 Å². The highest BCUT2D eigenvalue weighted by Gasteiger charge is 2.40. The Bertz CT molecular complexity index is 1140. The number of benzene rings is 2. The molecule has 0 unspecified atom stereocenters. The van der Waals surface area contributed by atoms with Gasteiger partial charge in [-0.25, -0.2) is 4.79 Å². The molecule has 0 saturated carbocycles. The Balaban J connectivity index is 1.43. The number of carboxylic acid groups (broad SMARTS) is 1. The summed E-state index contributed by atoms with van der Waals surface area (Å²) in [5.41, 5.74) is 3.95. The fourth-order valence-electron chi connectivity index (χ4n) is 5.39. The van der Waals surface area contributed by atoms with Gasteiger partial charge >= 0.3 is 5.97 Å². The molecule has 2 aliphatic rings. The number of piperidine rings is 1. The number of rotatable bonds is 5. The van der Waals surface area contributed by atoms with Crippen LogP contribution in [-0.4, -0.2) is 33.6 Å². The van der Waals surface area contributed by atoms with Gasteiger partial charge in [-0.15, -0.1) is 0 Å². The first kappa shape index (κ1) is 19.8. The third-order valence-corrected chi connectivity index (χ3v) is 6.77. The van der Waals surface area contributed by atoms with Crippen LogP contribution in [0.1, 0.15) is 45.6 Å². The van der Waals surface area contributed by atoms with E-state index in [1.807, 2.05) is 24.3 Å². The molecule has 5 rings (SSSR count). The second-order valence-electron chi connectivity index (χ2n) is 8.80. The number of fused-ring (bicyclic) bond motifs is 4. The van der Waals surface area contributed by atoms with Crippen molar-refractivity contribution in [3.8, 4) is 0 Å². The Morgan fingerprint density at radius 3 is 2.42 bits per heavy atom. The average molecular weight is 415 g/mol. The van der Waals surface area contributed by atoms with E-state index in [0.717, 1.165) is 43.7 Å². The average Bonchev–Trinajstić information content (AvgIpc) is 2.78. The molecule has 0 amide bonds. The third kappa shape index (κ3) is 3.93. The topological polar surface area (TPSA) is 62.5 Å². The number of aromatic carboxylic acids is 1. The van der Waals surface area contributed by atoms with Gasteiger partial charge in [0.1, 0.15) is 0 Å². The van der Waals surface area contributed by atoms with Crippen LogP contribution in [0.2, 0.25) is 0 Å². The van der Waals surface area contributed by atoms with Crippen molar-refractivity contribution in [1.29, 1.82) is 0 Å². The molecule has 1 aromatic heterocycles. The van der Waals surface area contributed by atoms with Crippen LogP contribution in [0.25, 0.3) is 0 Å². The lowest BCUT2D eigenvalue weighted by atomic mass is 9.76. The molecule has 2 aliphatic heterocycles. The summed E-state index contributed by atoms with van der Waals surface area (Å²) in [6.45, 7) is 2.65. The predicted molar refractivity (Wildman–Crippen MR) is 119 cm³/mol. The fraction of sp³-hybridized carbons (Fsp3) is 0.308. The molecule has 0 spiro atoms. The molecule has 0 radical (unpaired) electrons. The summed E-state index contributed by atoms with van der Waals surface area (Å²) in [7, 11) is 0. The highest BCUT2D eigenvalue weighted by atomic mass is 16.4. The van der Waals surface area contributed by atoms with E-state index in [1.54, 1.807) is 18.2 Å². The number of likely N-dealkylation sites (tertiary alicyclic amines) is 1. The van der Waals surface area contributed by atoms with Crippen LogP contribution < -0.4 is 5.56 Å². The Hall–Kier alpha value is -3.18. The predicted octanol–water partition coefficient (Wildman–Crippen LogP) is 3.95. The fourth-order valence-corrected chi connectivity index (χ4v) is 5.39. The summed E-state index contributed by atoms with van der Waals surface area (Å²) < 4.78 is 2.06. The highest BCUT2D eigenvalue weighted by molar-refractivity contribution is 5.87. The number of hydrogen-bond acceptors (Lipinski definition) is 3. The number of pyridine rings is 1. The molecule has 1 fully saturated rings. The molecule has 0 aliphatic carbocycles. The lowest BCUT2D eigenvalue weighted by Crippen LogP contribution is -2.49. The van der Waals surface area contributed by atoms with Gasteiger partial charge in [-0.3, -0.25) is 9.69 Å². The molecule has 5 nitrogen and oxygen atoms in total. The summed E-state index contributed by atoms with van der Waals surface area (Å²) in [4.78, 5) is 26.4. The maximum absolute atomic E-state index is 12.9. The van der Waals surface area contributed by atoms with Gasteiger partial charge in [0.25, 0.3) is 5.56 Å². The van der Waals surface area contributed by atoms with E-state index in [4.69, 9.17) is 5.11 Å². The largest absolute Gasteiger partial charge is 0.478 e. The molecule has 5 heteroatoms. The Labute approximate surface area is 181 Å². The zero-order valence-electron chi connectivity index (χ0n) is 17.4. The first-order chi connectivity index (χ1) is 15.1. The van der Waals surface area contributed by atoms with Crippen molar-refractivity contribution in [1.82, 2.24) is 9.47 Å². The van der Waals surface area contributed by atoms with Crippen LogP contribution in [0.15, 0.2) is 77.6 Å². The quantitative estimate of drug-likeness (QED) is 0.687. The molecule has 3 atom stereocenters. The number of aromatic nitrogens is 1. The number of nitrogens with zero attached hydrogens (tertiary/aromatic N) is 2. The van der Waals surface area contributed by atoms with Crippen molar-refractivity contribution in [2.75, 3.05) is 13.1 Å². The molecule has 158 valence electrons. The summed E-state index contributed by atoms with van der Waals surface area (Å²) in [6, 6.07) is 23.4. The SMILES string of the molecule is O=C(O)c1ccc(CN2C[C@H]3C[C@@H](C2)[C@H](Cc2ccccc2)n2c3cccc2=O)cc1. The third-order valence-electron chi connectivity index (χ3n) is 6.77. The second kappa shape index (κ2) is 8.16. The minimum absolute atomic E-state index is 0.103. The summed E-state index contributed by atoms with van der Waals surface area (Å²) in [5, 5.41) is 9.13. The maximum Gasteiger partial charge on any atom is 0.335 e. The maximum atomic E-state index is 12.9. The van der Waals surface area contributed by atoms with Crippen LogP contribution in [0, 0.1) is 5.92 Å². The van der Waals surface area contributed by atoms with Crippen LogP contribution in [-0.2, 0) is 13.0 Å². The molecule has 31 heavy (non-hydrogen) atoms. The molecule has 3 aromatic rings. The van der Waals surface area contributed by atoms with Gasteiger partial charge in [-0.1, -0.05) is 48.5 Å². The van der Waals surface area contributed by atoms with Gasteiger partial charge in [-0.05, 0) is 48.1 Å². The van der Waals surface area contributed by atoms with Crippen molar-refractivity contribution in [2.45, 2.75) is 31.3 Å². The lowest BCUT2D eigenvalue weighted by molar-refractivity contribution is 0.0696. The summed E-state index contributed by atoms with van der Waals surface area (Å²) in [6.07, 6.45) is 1.96. The number of carbonyl (C=O) groups is 1. The van der Waals surface area contributed by atoms with Gasteiger partial charge in [0, 0.05) is 43.4 Å². The first-order valence-corrected chi connectivity index (χ1v) is 10.9. The smallest absolute Gasteiger partial charge is 0.335 e. The van der Waals surface area contributed by atoms with Crippen molar-refractivity contribution in [3.63, 3.8) is 0 Å². The lowest BCUT2D eigenvalue weighted by Gasteiger charge is -2.47. The van der Waals surface area contributed by atoms with Crippen LogP contribution in [0.3, 0.4) is 0 Å². The zero-order chi connectivity index (χ0) is 21.4. The van der Waals surface area contributed by atoms with E-state index >= 15 is 0 Å². The number of hydrogen-bond donors (Lipinski definition) is 1. The highest BCUT2D eigenvalue weighted by Crippen LogP contribution is 2.42. The minimum Gasteiger partial charge on any atom is -0.478 e. The van der Waals surface area contributed by atoms with E-state index in [1.165, 1.54) is 5.56 Å². The van der Waals surface area contributed by atoms with Gasteiger partial charge < -0.3 is 9.67 Å². The summed E-state index contributed by atoms with van der Waals surface area (Å²) >= 11 is 0. The molecular weight excluding hydrogens is 388 g/mol. The van der Waals surface area contributed by atoms with Crippen LogP contribution in [0.5, 0.6) is 0 Å². The molecular formula is C26H26N2O3.